The van der Waals surface area contributed by atoms with Crippen LogP contribution in [0.15, 0.2) is 65.6 Å². The number of hydrogen-bond acceptors (Lipinski definition) is 3. The number of carbonyl (C=O) groups is 1. The van der Waals surface area contributed by atoms with Crippen molar-refractivity contribution in [2.45, 2.75) is 65.7 Å². The van der Waals surface area contributed by atoms with Gasteiger partial charge in [-0.2, -0.15) is 0 Å². The van der Waals surface area contributed by atoms with Crippen molar-refractivity contribution in [1.82, 2.24) is 9.55 Å². The van der Waals surface area contributed by atoms with E-state index in [0.717, 1.165) is 44.5 Å². The van der Waals surface area contributed by atoms with Crippen molar-refractivity contribution in [2.75, 3.05) is 5.32 Å². The monoisotopic (exact) mass is 495 g/mol. The summed E-state index contributed by atoms with van der Waals surface area (Å²) in [5.41, 5.74) is 7.62. The Bertz CT molecular complexity index is 1470. The standard InChI is InChI=1S/C32H37N3O2/c1-20(2)24-13-8-14-25(21(3)4)30(24)34-28(36)17-9-15-27-29(23-12-7-11-22(5)19-23)26-16-10-18-33-31(26)35(6)32(27)37/h7-8,10-14,16,18-21H,9,15,17H2,1-6H3,(H,34,36). The lowest BCUT2D eigenvalue weighted by Gasteiger charge is -2.20. The predicted molar refractivity (Wildman–Crippen MR) is 153 cm³/mol. The maximum atomic E-state index is 13.5. The first-order chi connectivity index (χ1) is 17.7. The Morgan fingerprint density at radius 2 is 1.65 bits per heavy atom. The number of nitrogens with one attached hydrogen (secondary N) is 1. The highest BCUT2D eigenvalue weighted by Crippen LogP contribution is 2.33. The summed E-state index contributed by atoms with van der Waals surface area (Å²) in [7, 11) is 1.77. The number of aryl methyl sites for hydroxylation is 2. The quantitative estimate of drug-likeness (QED) is 0.283. The number of para-hydroxylation sites is 1. The number of fused-ring (bicyclic) bond motifs is 1. The summed E-state index contributed by atoms with van der Waals surface area (Å²) >= 11 is 0. The Balaban J connectivity index is 1.64. The van der Waals surface area contributed by atoms with Crippen LogP contribution in [0.3, 0.4) is 0 Å². The van der Waals surface area contributed by atoms with Crippen LogP contribution in [0.4, 0.5) is 5.69 Å². The van der Waals surface area contributed by atoms with E-state index in [0.29, 0.717) is 36.7 Å². The average molecular weight is 496 g/mol. The summed E-state index contributed by atoms with van der Waals surface area (Å²) in [6.07, 6.45) is 3.14. The molecule has 0 unspecified atom stereocenters. The van der Waals surface area contributed by atoms with Gasteiger partial charge in [0.1, 0.15) is 5.65 Å². The summed E-state index contributed by atoms with van der Waals surface area (Å²) in [6.45, 7) is 10.6. The van der Waals surface area contributed by atoms with Gasteiger partial charge >= 0.3 is 0 Å². The lowest BCUT2D eigenvalue weighted by atomic mass is 9.92. The molecule has 4 aromatic rings. The van der Waals surface area contributed by atoms with Crippen LogP contribution < -0.4 is 10.9 Å². The normalized spacial score (nSPS) is 11.5. The van der Waals surface area contributed by atoms with Crippen LogP contribution in [0, 0.1) is 6.92 Å². The molecule has 0 radical (unpaired) electrons. The molecule has 0 saturated carbocycles. The van der Waals surface area contributed by atoms with Crippen molar-refractivity contribution in [2.24, 2.45) is 7.05 Å². The van der Waals surface area contributed by atoms with E-state index in [9.17, 15) is 9.59 Å². The maximum Gasteiger partial charge on any atom is 0.255 e. The number of benzene rings is 2. The van der Waals surface area contributed by atoms with Gasteiger partial charge in [0.15, 0.2) is 0 Å². The first-order valence-corrected chi connectivity index (χ1v) is 13.1. The van der Waals surface area contributed by atoms with Crippen molar-refractivity contribution in [3.63, 3.8) is 0 Å². The van der Waals surface area contributed by atoms with Gasteiger partial charge in [0, 0.05) is 41.9 Å². The van der Waals surface area contributed by atoms with Gasteiger partial charge in [-0.1, -0.05) is 75.7 Å². The molecule has 0 fully saturated rings. The molecular formula is C32H37N3O2. The molecule has 2 aromatic carbocycles. The fourth-order valence-electron chi connectivity index (χ4n) is 5.11. The highest BCUT2D eigenvalue weighted by Gasteiger charge is 2.19. The second-order valence-corrected chi connectivity index (χ2v) is 10.5. The molecule has 0 aliphatic heterocycles. The lowest BCUT2D eigenvalue weighted by Crippen LogP contribution is -2.24. The molecule has 0 atom stereocenters. The molecule has 0 saturated heterocycles. The minimum atomic E-state index is -0.0599. The van der Waals surface area contributed by atoms with E-state index < -0.39 is 0 Å². The van der Waals surface area contributed by atoms with Crippen molar-refractivity contribution in [3.05, 3.63) is 93.4 Å². The molecule has 0 aliphatic rings. The zero-order chi connectivity index (χ0) is 26.7. The Morgan fingerprint density at radius 1 is 0.973 bits per heavy atom. The van der Waals surface area contributed by atoms with Gasteiger partial charge in [-0.15, -0.1) is 0 Å². The van der Waals surface area contributed by atoms with E-state index in [1.807, 2.05) is 24.3 Å². The summed E-state index contributed by atoms with van der Waals surface area (Å²) in [4.78, 5) is 31.1. The van der Waals surface area contributed by atoms with Gasteiger partial charge < -0.3 is 5.32 Å². The smallest absolute Gasteiger partial charge is 0.255 e. The third-order valence-electron chi connectivity index (χ3n) is 7.01. The lowest BCUT2D eigenvalue weighted by molar-refractivity contribution is -0.116. The third kappa shape index (κ3) is 5.51. The molecule has 0 spiro atoms. The Hall–Kier alpha value is -3.73. The highest BCUT2D eigenvalue weighted by atomic mass is 16.1. The number of rotatable bonds is 8. The van der Waals surface area contributed by atoms with Crippen LogP contribution in [0.25, 0.3) is 22.2 Å². The van der Waals surface area contributed by atoms with E-state index >= 15 is 0 Å². The first-order valence-electron chi connectivity index (χ1n) is 13.1. The van der Waals surface area contributed by atoms with Gasteiger partial charge in [0.25, 0.3) is 5.56 Å². The summed E-state index contributed by atoms with van der Waals surface area (Å²) in [6, 6.07) is 18.4. The summed E-state index contributed by atoms with van der Waals surface area (Å²) in [5, 5.41) is 4.15. The van der Waals surface area contributed by atoms with Crippen LogP contribution in [0.5, 0.6) is 0 Å². The van der Waals surface area contributed by atoms with Gasteiger partial charge in [-0.3, -0.25) is 14.2 Å². The third-order valence-corrected chi connectivity index (χ3v) is 7.01. The SMILES string of the molecule is Cc1cccc(-c2c(CCCC(=O)Nc3c(C(C)C)cccc3C(C)C)c(=O)n(C)c3ncccc23)c1. The molecule has 37 heavy (non-hydrogen) atoms. The van der Waals surface area contributed by atoms with E-state index in [-0.39, 0.29) is 11.5 Å². The number of carbonyl (C=O) groups excluding carboxylic acids is 1. The summed E-state index contributed by atoms with van der Waals surface area (Å²) in [5.74, 6) is 0.589. The van der Waals surface area contributed by atoms with E-state index in [1.165, 1.54) is 0 Å². The number of nitrogens with zero attached hydrogens (tertiary/aromatic N) is 2. The number of pyridine rings is 2. The Kier molecular flexibility index (Phi) is 7.91. The number of aromatic nitrogens is 2. The first kappa shape index (κ1) is 26.3. The van der Waals surface area contributed by atoms with Crippen LogP contribution in [0.1, 0.15) is 74.6 Å². The topological polar surface area (TPSA) is 64.0 Å². The van der Waals surface area contributed by atoms with E-state index in [4.69, 9.17) is 0 Å². The fourth-order valence-corrected chi connectivity index (χ4v) is 5.11. The van der Waals surface area contributed by atoms with E-state index in [2.05, 4.69) is 75.3 Å². The van der Waals surface area contributed by atoms with Crippen molar-refractivity contribution < 1.29 is 4.79 Å². The number of hydrogen-bond donors (Lipinski definition) is 1. The van der Waals surface area contributed by atoms with Gasteiger partial charge in [0.05, 0.1) is 0 Å². The molecular weight excluding hydrogens is 458 g/mol. The second kappa shape index (κ2) is 11.1. The molecule has 1 N–H and O–H groups in total. The number of anilines is 1. The van der Waals surface area contributed by atoms with E-state index in [1.54, 1.807) is 17.8 Å². The molecule has 0 bridgehead atoms. The van der Waals surface area contributed by atoms with Crippen LogP contribution in [-0.4, -0.2) is 15.5 Å². The van der Waals surface area contributed by atoms with Crippen LogP contribution in [-0.2, 0) is 18.3 Å². The molecule has 2 heterocycles. The second-order valence-electron chi connectivity index (χ2n) is 10.5. The minimum Gasteiger partial charge on any atom is -0.326 e. The molecule has 5 heteroatoms. The zero-order valence-corrected chi connectivity index (χ0v) is 22.8. The number of amides is 1. The molecule has 1 amide bonds. The van der Waals surface area contributed by atoms with Crippen molar-refractivity contribution >= 4 is 22.6 Å². The minimum absolute atomic E-state index is 0.0219. The van der Waals surface area contributed by atoms with Gasteiger partial charge in [-0.05, 0) is 60.4 Å². The van der Waals surface area contributed by atoms with Crippen LogP contribution >= 0.6 is 0 Å². The maximum absolute atomic E-state index is 13.5. The van der Waals surface area contributed by atoms with Gasteiger partial charge in [-0.25, -0.2) is 4.98 Å². The molecule has 192 valence electrons. The zero-order valence-electron chi connectivity index (χ0n) is 22.8. The Morgan fingerprint density at radius 3 is 2.30 bits per heavy atom. The molecule has 5 nitrogen and oxygen atoms in total. The van der Waals surface area contributed by atoms with Crippen LogP contribution in [0.2, 0.25) is 0 Å². The van der Waals surface area contributed by atoms with Crippen molar-refractivity contribution in [1.29, 1.82) is 0 Å². The van der Waals surface area contributed by atoms with Gasteiger partial charge in [0.2, 0.25) is 5.91 Å². The largest absolute Gasteiger partial charge is 0.326 e. The fraction of sp³-hybridized carbons (Fsp3) is 0.344. The summed E-state index contributed by atoms with van der Waals surface area (Å²) < 4.78 is 1.62. The predicted octanol–water partition coefficient (Wildman–Crippen LogP) is 7.12. The van der Waals surface area contributed by atoms with Crippen molar-refractivity contribution in [3.8, 4) is 11.1 Å². The Labute approximate surface area is 219 Å². The highest BCUT2D eigenvalue weighted by molar-refractivity contribution is 5.95. The molecule has 4 rings (SSSR count). The average Bonchev–Trinajstić information content (AvgIpc) is 2.86. The molecule has 2 aromatic heterocycles. The molecule has 0 aliphatic carbocycles.